The Kier molecular flexibility index (Phi) is 3.29. The molecular formula is C16H12FNO2. The first-order valence-electron chi connectivity index (χ1n) is 6.32. The van der Waals surface area contributed by atoms with E-state index in [9.17, 15) is 9.18 Å². The van der Waals surface area contributed by atoms with Crippen LogP contribution in [0.4, 0.5) is 4.39 Å². The summed E-state index contributed by atoms with van der Waals surface area (Å²) in [7, 11) is 0. The number of fused-ring (bicyclic) bond motifs is 1. The minimum absolute atomic E-state index is 0.194. The molecule has 2 aromatic rings. The molecular weight excluding hydrogens is 257 g/mol. The third-order valence-corrected chi connectivity index (χ3v) is 3.13. The van der Waals surface area contributed by atoms with Gasteiger partial charge in [-0.1, -0.05) is 6.07 Å². The molecule has 0 saturated carbocycles. The van der Waals surface area contributed by atoms with Gasteiger partial charge < -0.3 is 4.74 Å². The van der Waals surface area contributed by atoms with Crippen molar-refractivity contribution in [1.29, 1.82) is 0 Å². The first-order valence-corrected chi connectivity index (χ1v) is 6.32. The van der Waals surface area contributed by atoms with Gasteiger partial charge in [-0.2, -0.15) is 0 Å². The zero-order chi connectivity index (χ0) is 13.9. The molecule has 0 unspecified atom stereocenters. The normalized spacial score (nSPS) is 16.4. The van der Waals surface area contributed by atoms with Crippen LogP contribution in [0, 0.1) is 5.82 Å². The lowest BCUT2D eigenvalue weighted by molar-refractivity contribution is 0.103. The van der Waals surface area contributed by atoms with E-state index in [-0.39, 0.29) is 11.3 Å². The molecule has 1 aliphatic heterocycles. The van der Waals surface area contributed by atoms with Crippen molar-refractivity contribution in [2.45, 2.75) is 6.42 Å². The lowest BCUT2D eigenvalue weighted by Gasteiger charge is -2.04. The van der Waals surface area contributed by atoms with Gasteiger partial charge in [0.1, 0.15) is 11.6 Å². The summed E-state index contributed by atoms with van der Waals surface area (Å²) in [6.45, 7) is 0.399. The standard InChI is InChI=1S/C16H12FNO2/c17-13-3-4-15-14(9-13)16(19)12(5-7-20-15)8-11-2-1-6-18-10-11/h1-4,6,8-10H,5,7H2/b12-8+. The summed E-state index contributed by atoms with van der Waals surface area (Å²) in [5.41, 5.74) is 1.72. The fourth-order valence-electron chi connectivity index (χ4n) is 2.16. The second-order valence-electron chi connectivity index (χ2n) is 4.52. The fraction of sp³-hybridized carbons (Fsp3) is 0.125. The fourth-order valence-corrected chi connectivity index (χ4v) is 2.16. The smallest absolute Gasteiger partial charge is 0.192 e. The number of Topliss-reactive ketones (excluding diaryl/α,β-unsaturated/α-hetero) is 1. The topological polar surface area (TPSA) is 39.2 Å². The minimum Gasteiger partial charge on any atom is -0.492 e. The van der Waals surface area contributed by atoms with Gasteiger partial charge in [-0.3, -0.25) is 9.78 Å². The maximum atomic E-state index is 13.3. The van der Waals surface area contributed by atoms with Gasteiger partial charge in [0.05, 0.1) is 12.2 Å². The summed E-state index contributed by atoms with van der Waals surface area (Å²) in [4.78, 5) is 16.5. The second-order valence-corrected chi connectivity index (χ2v) is 4.52. The number of nitrogens with zero attached hydrogens (tertiary/aromatic N) is 1. The molecule has 0 spiro atoms. The van der Waals surface area contributed by atoms with E-state index in [1.54, 1.807) is 24.5 Å². The summed E-state index contributed by atoms with van der Waals surface area (Å²) < 4.78 is 18.8. The second kappa shape index (κ2) is 5.25. The number of rotatable bonds is 1. The van der Waals surface area contributed by atoms with Crippen molar-refractivity contribution < 1.29 is 13.9 Å². The lowest BCUT2D eigenvalue weighted by Crippen LogP contribution is -2.02. The molecule has 0 radical (unpaired) electrons. The van der Waals surface area contributed by atoms with E-state index in [4.69, 9.17) is 4.74 Å². The molecule has 1 aromatic carbocycles. The van der Waals surface area contributed by atoms with Gasteiger partial charge in [0.25, 0.3) is 0 Å². The summed E-state index contributed by atoms with van der Waals surface area (Å²) >= 11 is 0. The van der Waals surface area contributed by atoms with Crippen LogP contribution < -0.4 is 4.74 Å². The molecule has 0 aliphatic carbocycles. The Morgan fingerprint density at radius 1 is 1.30 bits per heavy atom. The SMILES string of the molecule is O=C1/C(=C/c2cccnc2)CCOc2ccc(F)cc21. The van der Waals surface area contributed by atoms with Crippen molar-refractivity contribution >= 4 is 11.9 Å². The molecule has 4 heteroatoms. The Morgan fingerprint density at radius 3 is 3.00 bits per heavy atom. The number of benzene rings is 1. The summed E-state index contributed by atoms with van der Waals surface area (Å²) in [6.07, 6.45) is 5.62. The van der Waals surface area contributed by atoms with Crippen LogP contribution in [0.25, 0.3) is 6.08 Å². The van der Waals surface area contributed by atoms with E-state index in [0.717, 1.165) is 5.56 Å². The van der Waals surface area contributed by atoms with Crippen LogP contribution in [0.5, 0.6) is 5.75 Å². The highest BCUT2D eigenvalue weighted by atomic mass is 19.1. The van der Waals surface area contributed by atoms with Crippen LogP contribution in [0.15, 0.2) is 48.3 Å². The number of ketones is 1. The van der Waals surface area contributed by atoms with Crippen LogP contribution in [0.3, 0.4) is 0 Å². The highest BCUT2D eigenvalue weighted by molar-refractivity contribution is 6.13. The van der Waals surface area contributed by atoms with Crippen molar-refractivity contribution in [1.82, 2.24) is 4.98 Å². The molecule has 0 amide bonds. The van der Waals surface area contributed by atoms with Crippen LogP contribution in [0.2, 0.25) is 0 Å². The van der Waals surface area contributed by atoms with Crippen LogP contribution in [-0.4, -0.2) is 17.4 Å². The van der Waals surface area contributed by atoms with Gasteiger partial charge in [-0.05, 0) is 35.9 Å². The van der Waals surface area contributed by atoms with E-state index in [2.05, 4.69) is 4.98 Å². The number of aromatic nitrogens is 1. The zero-order valence-corrected chi connectivity index (χ0v) is 10.7. The third kappa shape index (κ3) is 2.45. The molecule has 3 nitrogen and oxygen atoms in total. The highest BCUT2D eigenvalue weighted by Crippen LogP contribution is 2.28. The summed E-state index contributed by atoms with van der Waals surface area (Å²) in [6, 6.07) is 7.68. The Hall–Kier alpha value is -2.49. The predicted molar refractivity (Wildman–Crippen MR) is 73.1 cm³/mol. The molecule has 1 aliphatic rings. The zero-order valence-electron chi connectivity index (χ0n) is 10.7. The molecule has 0 saturated heterocycles. The third-order valence-electron chi connectivity index (χ3n) is 3.13. The number of carbonyl (C=O) groups excluding carboxylic acids is 1. The molecule has 1 aromatic heterocycles. The number of ether oxygens (including phenoxy) is 1. The van der Waals surface area contributed by atoms with Crippen molar-refractivity contribution in [3.63, 3.8) is 0 Å². The maximum absolute atomic E-state index is 13.3. The van der Waals surface area contributed by atoms with Gasteiger partial charge >= 0.3 is 0 Å². The molecule has 20 heavy (non-hydrogen) atoms. The molecule has 0 bridgehead atoms. The van der Waals surface area contributed by atoms with Crippen molar-refractivity contribution in [2.75, 3.05) is 6.61 Å². The quantitative estimate of drug-likeness (QED) is 0.746. The van der Waals surface area contributed by atoms with E-state index in [0.29, 0.717) is 24.4 Å². The lowest BCUT2D eigenvalue weighted by atomic mass is 9.99. The molecule has 3 rings (SSSR count). The average molecular weight is 269 g/mol. The Balaban J connectivity index is 2.03. The van der Waals surface area contributed by atoms with Gasteiger partial charge in [-0.15, -0.1) is 0 Å². The van der Waals surface area contributed by atoms with Crippen LogP contribution >= 0.6 is 0 Å². The number of halogens is 1. The number of hydrogen-bond acceptors (Lipinski definition) is 3. The van der Waals surface area contributed by atoms with Crippen molar-refractivity contribution in [2.24, 2.45) is 0 Å². The Morgan fingerprint density at radius 2 is 2.20 bits per heavy atom. The van der Waals surface area contributed by atoms with Crippen molar-refractivity contribution in [3.8, 4) is 5.75 Å². The van der Waals surface area contributed by atoms with Crippen molar-refractivity contribution in [3.05, 3.63) is 65.2 Å². The van der Waals surface area contributed by atoms with Gasteiger partial charge in [0.15, 0.2) is 5.78 Å². The monoisotopic (exact) mass is 269 g/mol. The van der Waals surface area contributed by atoms with Gasteiger partial charge in [0, 0.05) is 24.4 Å². The number of pyridine rings is 1. The van der Waals surface area contributed by atoms with Gasteiger partial charge in [0.2, 0.25) is 0 Å². The number of hydrogen-bond donors (Lipinski definition) is 0. The minimum atomic E-state index is -0.441. The molecule has 100 valence electrons. The maximum Gasteiger partial charge on any atom is 0.192 e. The van der Waals surface area contributed by atoms with Crippen LogP contribution in [-0.2, 0) is 0 Å². The van der Waals surface area contributed by atoms with E-state index >= 15 is 0 Å². The van der Waals surface area contributed by atoms with Crippen LogP contribution in [0.1, 0.15) is 22.3 Å². The molecule has 2 heterocycles. The molecule has 0 atom stereocenters. The molecule has 0 fully saturated rings. The first-order chi connectivity index (χ1) is 9.74. The predicted octanol–water partition coefficient (Wildman–Crippen LogP) is 3.27. The summed E-state index contributed by atoms with van der Waals surface area (Å²) in [5, 5.41) is 0. The van der Waals surface area contributed by atoms with Gasteiger partial charge in [-0.25, -0.2) is 4.39 Å². The highest BCUT2D eigenvalue weighted by Gasteiger charge is 2.21. The van der Waals surface area contributed by atoms with E-state index < -0.39 is 5.82 Å². The molecule has 0 N–H and O–H groups in total. The first kappa shape index (κ1) is 12.5. The average Bonchev–Trinajstić information content (AvgIpc) is 2.61. The number of carbonyl (C=O) groups is 1. The van der Waals surface area contributed by atoms with E-state index in [1.165, 1.54) is 18.2 Å². The summed E-state index contributed by atoms with van der Waals surface area (Å²) in [5.74, 6) is -0.199. The largest absolute Gasteiger partial charge is 0.492 e. The Labute approximate surface area is 115 Å². The Bertz CT molecular complexity index is 680. The van der Waals surface area contributed by atoms with E-state index in [1.807, 2.05) is 6.07 Å².